The molecule has 1 atom stereocenters. The first-order valence-corrected chi connectivity index (χ1v) is 14.4. The van der Waals surface area contributed by atoms with E-state index in [-0.39, 0.29) is 34.1 Å². The highest BCUT2D eigenvalue weighted by molar-refractivity contribution is 7.89. The quantitative estimate of drug-likeness (QED) is 0.238. The van der Waals surface area contributed by atoms with Crippen LogP contribution >= 0.6 is 0 Å². The minimum absolute atomic E-state index is 0.0167. The maximum absolute atomic E-state index is 13.2. The first-order valence-electron chi connectivity index (χ1n) is 12.9. The molecule has 0 aliphatic heterocycles. The van der Waals surface area contributed by atoms with E-state index >= 15 is 0 Å². The van der Waals surface area contributed by atoms with Crippen LogP contribution in [0.25, 0.3) is 0 Å². The summed E-state index contributed by atoms with van der Waals surface area (Å²) < 4.78 is 41.9. The number of benzene rings is 3. The van der Waals surface area contributed by atoms with Crippen molar-refractivity contribution in [3.05, 3.63) is 105 Å². The van der Waals surface area contributed by atoms with E-state index < -0.39 is 26.7 Å². The number of halogens is 1. The Morgan fingerprint density at radius 3 is 2.27 bits per heavy atom. The Hall–Kier alpha value is -4.58. The maximum Gasteiger partial charge on any atom is 0.286 e. The van der Waals surface area contributed by atoms with Crippen LogP contribution in [0.2, 0.25) is 0 Å². The lowest BCUT2D eigenvalue weighted by Crippen LogP contribution is -2.41. The van der Waals surface area contributed by atoms with Crippen molar-refractivity contribution in [3.63, 3.8) is 0 Å². The normalized spacial score (nSPS) is 17.4. The minimum Gasteiger partial charge on any atom is -0.349 e. The lowest BCUT2D eigenvalue weighted by Gasteiger charge is -2.29. The number of nitrogens with one attached hydrogen (secondary N) is 2. The van der Waals surface area contributed by atoms with E-state index in [4.69, 9.17) is 0 Å². The Morgan fingerprint density at radius 1 is 1.00 bits per heavy atom. The van der Waals surface area contributed by atoms with Gasteiger partial charge in [0.15, 0.2) is 0 Å². The van der Waals surface area contributed by atoms with Gasteiger partial charge in [-0.3, -0.25) is 14.9 Å². The summed E-state index contributed by atoms with van der Waals surface area (Å²) in [5, 5.41) is 23.9. The standard InChI is InChI=1S/C30H27FN4O5S/c1-20(21-8-13-26(31)14-9-21)33-30(36)24-10-15-27(16-11-24)34-41(39,40)28-17-12-23(29(18-28)35(37)38)7-6-22-4-2-3-5-25(22)19-32/h2-5,8-9,12-14,17-18,20,24,27,34H,10-11,15-16H2,1H3,(H,33,36)/t20-,24?,27?/m1/s1. The van der Waals surface area contributed by atoms with E-state index in [1.54, 1.807) is 36.4 Å². The van der Waals surface area contributed by atoms with Crippen molar-refractivity contribution in [2.24, 2.45) is 5.92 Å². The molecule has 1 aliphatic carbocycles. The highest BCUT2D eigenvalue weighted by atomic mass is 32.2. The molecule has 3 aromatic carbocycles. The van der Waals surface area contributed by atoms with Gasteiger partial charge < -0.3 is 5.32 Å². The van der Waals surface area contributed by atoms with Gasteiger partial charge in [0.25, 0.3) is 5.69 Å². The van der Waals surface area contributed by atoms with E-state index in [1.807, 2.05) is 13.0 Å². The number of nitrogens with zero attached hydrogens (tertiary/aromatic N) is 2. The molecule has 0 radical (unpaired) electrons. The van der Waals surface area contributed by atoms with Crippen LogP contribution in [-0.2, 0) is 14.8 Å². The fourth-order valence-corrected chi connectivity index (χ4v) is 6.01. The van der Waals surface area contributed by atoms with Gasteiger partial charge in [-0.15, -0.1) is 0 Å². The molecule has 210 valence electrons. The topological polar surface area (TPSA) is 142 Å². The summed E-state index contributed by atoms with van der Waals surface area (Å²) in [5.41, 5.74) is 1.05. The number of nitriles is 1. The number of carbonyl (C=O) groups excluding carboxylic acids is 1. The fourth-order valence-electron chi connectivity index (χ4n) is 4.69. The molecule has 0 unspecified atom stereocenters. The number of rotatable bonds is 7. The lowest BCUT2D eigenvalue weighted by atomic mass is 9.85. The van der Waals surface area contributed by atoms with Gasteiger partial charge in [-0.2, -0.15) is 5.26 Å². The van der Waals surface area contributed by atoms with Gasteiger partial charge in [0.1, 0.15) is 17.4 Å². The molecule has 0 saturated heterocycles. The smallest absolute Gasteiger partial charge is 0.286 e. The third-order valence-electron chi connectivity index (χ3n) is 7.00. The molecular formula is C30H27FN4O5S. The average molecular weight is 575 g/mol. The summed E-state index contributed by atoms with van der Waals surface area (Å²) in [7, 11) is -4.08. The number of hydrogen-bond donors (Lipinski definition) is 2. The van der Waals surface area contributed by atoms with Crippen molar-refractivity contribution in [1.29, 1.82) is 5.26 Å². The molecule has 1 saturated carbocycles. The molecule has 0 bridgehead atoms. The molecule has 0 aromatic heterocycles. The minimum atomic E-state index is -4.08. The predicted octanol–water partition coefficient (Wildman–Crippen LogP) is 4.72. The molecule has 3 aromatic rings. The monoisotopic (exact) mass is 574 g/mol. The van der Waals surface area contributed by atoms with Crippen molar-refractivity contribution in [2.75, 3.05) is 0 Å². The van der Waals surface area contributed by atoms with Gasteiger partial charge in [0.05, 0.1) is 21.4 Å². The lowest BCUT2D eigenvalue weighted by molar-refractivity contribution is -0.385. The van der Waals surface area contributed by atoms with Crippen LogP contribution in [0.4, 0.5) is 10.1 Å². The van der Waals surface area contributed by atoms with E-state index in [2.05, 4.69) is 21.9 Å². The molecule has 2 N–H and O–H groups in total. The highest BCUT2D eigenvalue weighted by Crippen LogP contribution is 2.28. The van der Waals surface area contributed by atoms with Gasteiger partial charge in [-0.05, 0) is 74.6 Å². The number of carbonyl (C=O) groups is 1. The first-order chi connectivity index (χ1) is 19.6. The summed E-state index contributed by atoms with van der Waals surface area (Å²) in [6, 6.07) is 17.2. The van der Waals surface area contributed by atoms with E-state index in [1.165, 1.54) is 24.3 Å². The molecule has 1 amide bonds. The molecule has 11 heteroatoms. The number of nitro benzene ring substituents is 1. The Kier molecular flexibility index (Phi) is 9.13. The molecule has 4 rings (SSSR count). The van der Waals surface area contributed by atoms with E-state index in [9.17, 15) is 33.0 Å². The molecule has 9 nitrogen and oxygen atoms in total. The summed E-state index contributed by atoms with van der Waals surface area (Å²) in [5.74, 6) is 4.63. The van der Waals surface area contributed by atoms with Crippen LogP contribution in [-0.4, -0.2) is 25.3 Å². The fraction of sp³-hybridized carbons (Fsp3) is 0.267. The van der Waals surface area contributed by atoms with Gasteiger partial charge in [0, 0.05) is 23.6 Å². The second-order valence-electron chi connectivity index (χ2n) is 9.80. The number of hydrogen-bond acceptors (Lipinski definition) is 6. The molecule has 41 heavy (non-hydrogen) atoms. The van der Waals surface area contributed by atoms with Crippen molar-refractivity contribution in [1.82, 2.24) is 10.0 Å². The molecule has 0 spiro atoms. The first kappa shape index (κ1) is 29.4. The van der Waals surface area contributed by atoms with Crippen LogP contribution in [0.3, 0.4) is 0 Å². The summed E-state index contributed by atoms with van der Waals surface area (Å²) in [4.78, 5) is 23.5. The van der Waals surface area contributed by atoms with Crippen LogP contribution in [0.15, 0.2) is 71.6 Å². The van der Waals surface area contributed by atoms with Crippen molar-refractivity contribution in [2.45, 2.75) is 49.6 Å². The highest BCUT2D eigenvalue weighted by Gasteiger charge is 2.30. The second kappa shape index (κ2) is 12.7. The summed E-state index contributed by atoms with van der Waals surface area (Å²) in [6.07, 6.45) is 1.78. The van der Waals surface area contributed by atoms with Crippen molar-refractivity contribution >= 4 is 21.6 Å². The van der Waals surface area contributed by atoms with E-state index in [0.717, 1.165) is 11.6 Å². The van der Waals surface area contributed by atoms with Crippen molar-refractivity contribution < 1.29 is 22.5 Å². The Balaban J connectivity index is 1.40. The molecule has 0 heterocycles. The molecular weight excluding hydrogens is 547 g/mol. The number of amides is 1. The summed E-state index contributed by atoms with van der Waals surface area (Å²) >= 11 is 0. The summed E-state index contributed by atoms with van der Waals surface area (Å²) in [6.45, 7) is 1.81. The predicted molar refractivity (Wildman–Crippen MR) is 149 cm³/mol. The third-order valence-corrected chi connectivity index (χ3v) is 8.52. The second-order valence-corrected chi connectivity index (χ2v) is 11.5. The Bertz CT molecular complexity index is 1670. The zero-order valence-electron chi connectivity index (χ0n) is 22.1. The largest absolute Gasteiger partial charge is 0.349 e. The zero-order valence-corrected chi connectivity index (χ0v) is 22.9. The van der Waals surface area contributed by atoms with E-state index in [0.29, 0.717) is 36.8 Å². The van der Waals surface area contributed by atoms with Gasteiger partial charge >= 0.3 is 0 Å². The number of nitro groups is 1. The van der Waals surface area contributed by atoms with Crippen LogP contribution in [0, 0.1) is 45.0 Å². The molecule has 1 aliphatic rings. The zero-order chi connectivity index (χ0) is 29.6. The van der Waals surface area contributed by atoms with Gasteiger partial charge in [-0.25, -0.2) is 17.5 Å². The Labute approximate surface area is 237 Å². The molecule has 1 fully saturated rings. The van der Waals surface area contributed by atoms with Gasteiger partial charge in [0.2, 0.25) is 15.9 Å². The Morgan fingerprint density at radius 2 is 1.63 bits per heavy atom. The third kappa shape index (κ3) is 7.34. The average Bonchev–Trinajstić information content (AvgIpc) is 2.96. The van der Waals surface area contributed by atoms with Crippen LogP contribution in [0.5, 0.6) is 0 Å². The van der Waals surface area contributed by atoms with Crippen LogP contribution in [0.1, 0.15) is 60.9 Å². The van der Waals surface area contributed by atoms with Crippen LogP contribution < -0.4 is 10.0 Å². The maximum atomic E-state index is 13.2. The van der Waals surface area contributed by atoms with Crippen molar-refractivity contribution in [3.8, 4) is 17.9 Å². The SMILES string of the molecule is C[C@@H](NC(=O)C1CCC(NS(=O)(=O)c2ccc(C#Cc3ccccc3C#N)c([N+](=O)[O-])c2)CC1)c1ccc(F)cc1. The van der Waals surface area contributed by atoms with Gasteiger partial charge in [-0.1, -0.05) is 36.1 Å². The number of sulfonamides is 1.